The van der Waals surface area contributed by atoms with Crippen molar-refractivity contribution in [2.45, 2.75) is 6.54 Å². The van der Waals surface area contributed by atoms with Crippen molar-refractivity contribution in [3.63, 3.8) is 0 Å². The van der Waals surface area contributed by atoms with Gasteiger partial charge in [-0.25, -0.2) is 4.79 Å². The third-order valence-electron chi connectivity index (χ3n) is 2.57. The van der Waals surface area contributed by atoms with Crippen molar-refractivity contribution < 1.29 is 14.3 Å². The first-order chi connectivity index (χ1) is 8.51. The minimum absolute atomic E-state index is 0.130. The van der Waals surface area contributed by atoms with Crippen LogP contribution in [0.5, 0.6) is 11.5 Å². The zero-order valence-electron chi connectivity index (χ0n) is 10.6. The van der Waals surface area contributed by atoms with Gasteiger partial charge in [0.1, 0.15) is 22.6 Å². The van der Waals surface area contributed by atoms with Crippen molar-refractivity contribution in [1.82, 2.24) is 4.90 Å². The van der Waals surface area contributed by atoms with Gasteiger partial charge in [-0.2, -0.15) is 0 Å². The number of hydrogen-bond acceptors (Lipinski definition) is 5. The molecule has 0 atom stereocenters. The van der Waals surface area contributed by atoms with E-state index in [2.05, 4.69) is 0 Å². The van der Waals surface area contributed by atoms with E-state index in [1.807, 2.05) is 19.0 Å². The number of aromatic hydroxyl groups is 1. The molecular formula is C13H15NO4. The first-order valence-corrected chi connectivity index (χ1v) is 5.49. The fourth-order valence-electron chi connectivity index (χ4n) is 1.84. The Bertz CT molecular complexity index is 631. The summed E-state index contributed by atoms with van der Waals surface area (Å²) in [6, 6.07) is 4.83. The Kier molecular flexibility index (Phi) is 3.25. The molecule has 0 fully saturated rings. The molecule has 5 heteroatoms. The fraction of sp³-hybridized carbons (Fsp3) is 0.308. The third kappa shape index (κ3) is 2.31. The number of ether oxygens (including phenoxy) is 1. The molecule has 1 N–H and O–H groups in total. The van der Waals surface area contributed by atoms with Crippen LogP contribution in [0.4, 0.5) is 0 Å². The zero-order valence-corrected chi connectivity index (χ0v) is 10.6. The summed E-state index contributed by atoms with van der Waals surface area (Å²) >= 11 is 0. The van der Waals surface area contributed by atoms with Crippen LogP contribution in [0.15, 0.2) is 27.4 Å². The van der Waals surface area contributed by atoms with E-state index in [1.165, 1.54) is 13.2 Å². The number of nitrogens with zero attached hydrogens (tertiary/aromatic N) is 1. The largest absolute Gasteiger partial charge is 0.507 e. The van der Waals surface area contributed by atoms with Crippen LogP contribution in [0.3, 0.4) is 0 Å². The number of methoxy groups -OCH3 is 1. The maximum absolute atomic E-state index is 11.8. The molecule has 0 spiro atoms. The first kappa shape index (κ1) is 12.4. The second-order valence-corrected chi connectivity index (χ2v) is 4.35. The number of benzene rings is 1. The highest BCUT2D eigenvalue weighted by Crippen LogP contribution is 2.28. The molecule has 0 radical (unpaired) electrons. The number of rotatable bonds is 3. The summed E-state index contributed by atoms with van der Waals surface area (Å²) in [5, 5.41) is 10.6. The Morgan fingerprint density at radius 3 is 2.67 bits per heavy atom. The van der Waals surface area contributed by atoms with Crippen LogP contribution in [0.1, 0.15) is 5.76 Å². The van der Waals surface area contributed by atoms with Crippen LogP contribution >= 0.6 is 0 Å². The van der Waals surface area contributed by atoms with Gasteiger partial charge in [0.15, 0.2) is 0 Å². The third-order valence-corrected chi connectivity index (χ3v) is 2.57. The molecule has 1 heterocycles. The molecular weight excluding hydrogens is 234 g/mol. The van der Waals surface area contributed by atoms with Crippen LogP contribution in [-0.4, -0.2) is 31.2 Å². The van der Waals surface area contributed by atoms with Gasteiger partial charge in [-0.05, 0) is 31.6 Å². The molecule has 5 nitrogen and oxygen atoms in total. The van der Waals surface area contributed by atoms with Crippen LogP contribution < -0.4 is 10.4 Å². The first-order valence-electron chi connectivity index (χ1n) is 5.49. The summed E-state index contributed by atoms with van der Waals surface area (Å²) < 4.78 is 10.2. The Hall–Kier alpha value is -2.01. The summed E-state index contributed by atoms with van der Waals surface area (Å²) in [5.74, 6) is 0.918. The molecule has 1 aromatic carbocycles. The minimum Gasteiger partial charge on any atom is -0.507 e. The van der Waals surface area contributed by atoms with Crippen molar-refractivity contribution in [2.24, 2.45) is 0 Å². The average molecular weight is 249 g/mol. The lowest BCUT2D eigenvalue weighted by atomic mass is 10.1. The monoisotopic (exact) mass is 249 g/mol. The lowest BCUT2D eigenvalue weighted by molar-refractivity contribution is 0.338. The van der Waals surface area contributed by atoms with Crippen molar-refractivity contribution in [2.75, 3.05) is 21.2 Å². The van der Waals surface area contributed by atoms with Gasteiger partial charge in [0.05, 0.1) is 13.7 Å². The minimum atomic E-state index is -0.537. The predicted molar refractivity (Wildman–Crippen MR) is 68.1 cm³/mol. The maximum atomic E-state index is 11.8. The van der Waals surface area contributed by atoms with Crippen molar-refractivity contribution in [3.05, 3.63) is 34.4 Å². The van der Waals surface area contributed by atoms with E-state index < -0.39 is 5.63 Å². The van der Waals surface area contributed by atoms with E-state index >= 15 is 0 Å². The van der Waals surface area contributed by atoms with Gasteiger partial charge in [0.2, 0.25) is 0 Å². The van der Waals surface area contributed by atoms with Crippen LogP contribution in [0.25, 0.3) is 10.8 Å². The molecule has 96 valence electrons. The molecule has 0 saturated carbocycles. The maximum Gasteiger partial charge on any atom is 0.347 e. The van der Waals surface area contributed by atoms with Crippen molar-refractivity contribution >= 4 is 10.8 Å². The lowest BCUT2D eigenvalue weighted by Crippen LogP contribution is -2.13. The summed E-state index contributed by atoms with van der Waals surface area (Å²) in [7, 11) is 5.27. The molecule has 0 bridgehead atoms. The molecule has 2 aromatic rings. The molecule has 0 aliphatic heterocycles. The van der Waals surface area contributed by atoms with Crippen molar-refractivity contribution in [1.29, 1.82) is 0 Å². The molecule has 2 rings (SSSR count). The van der Waals surface area contributed by atoms with E-state index in [-0.39, 0.29) is 11.1 Å². The molecule has 0 aliphatic rings. The second kappa shape index (κ2) is 4.70. The van der Waals surface area contributed by atoms with E-state index in [0.717, 1.165) is 0 Å². The average Bonchev–Trinajstić information content (AvgIpc) is 2.26. The van der Waals surface area contributed by atoms with Crippen LogP contribution in [0.2, 0.25) is 0 Å². The van der Waals surface area contributed by atoms with Crippen LogP contribution in [-0.2, 0) is 6.54 Å². The van der Waals surface area contributed by atoms with Gasteiger partial charge in [0.25, 0.3) is 0 Å². The zero-order chi connectivity index (χ0) is 13.3. The van der Waals surface area contributed by atoms with Gasteiger partial charge < -0.3 is 19.2 Å². The quantitative estimate of drug-likeness (QED) is 0.894. The highest BCUT2D eigenvalue weighted by atomic mass is 16.5. The molecule has 18 heavy (non-hydrogen) atoms. The molecule has 0 unspecified atom stereocenters. The van der Waals surface area contributed by atoms with Crippen molar-refractivity contribution in [3.8, 4) is 11.5 Å². The summed E-state index contributed by atoms with van der Waals surface area (Å²) in [6.45, 7) is 0.517. The van der Waals surface area contributed by atoms with Gasteiger partial charge in [-0.3, -0.25) is 0 Å². The Morgan fingerprint density at radius 1 is 1.33 bits per heavy atom. The highest BCUT2D eigenvalue weighted by Gasteiger charge is 2.11. The van der Waals surface area contributed by atoms with Gasteiger partial charge in [0, 0.05) is 6.07 Å². The topological polar surface area (TPSA) is 62.9 Å². The van der Waals surface area contributed by atoms with E-state index in [0.29, 0.717) is 23.4 Å². The van der Waals surface area contributed by atoms with E-state index in [1.54, 1.807) is 12.1 Å². The van der Waals surface area contributed by atoms with Gasteiger partial charge >= 0.3 is 5.63 Å². The normalized spacial score (nSPS) is 11.1. The van der Waals surface area contributed by atoms with Gasteiger partial charge in [-0.1, -0.05) is 0 Å². The highest BCUT2D eigenvalue weighted by molar-refractivity contribution is 5.88. The number of phenols is 1. The predicted octanol–water partition coefficient (Wildman–Crippen LogP) is 1.57. The Balaban J connectivity index is 2.67. The summed E-state index contributed by atoms with van der Waals surface area (Å²) in [4.78, 5) is 13.7. The standard InChI is InChI=1S/C13H15NO4/c1-14(2)7-10-5-8-4-9(17-3)6-11(15)12(8)13(16)18-10/h4-6,15H,7H2,1-3H3. The second-order valence-electron chi connectivity index (χ2n) is 4.35. The Morgan fingerprint density at radius 2 is 2.06 bits per heavy atom. The SMILES string of the molecule is COc1cc(O)c2c(=O)oc(CN(C)C)cc2c1. The van der Waals surface area contributed by atoms with E-state index in [4.69, 9.17) is 9.15 Å². The molecule has 0 saturated heterocycles. The molecule has 1 aromatic heterocycles. The molecule has 0 amide bonds. The number of fused-ring (bicyclic) bond motifs is 1. The lowest BCUT2D eigenvalue weighted by Gasteiger charge is -2.09. The number of phenolic OH excluding ortho intramolecular Hbond substituents is 1. The number of hydrogen-bond donors (Lipinski definition) is 1. The summed E-state index contributed by atoms with van der Waals surface area (Å²) in [6.07, 6.45) is 0. The van der Waals surface area contributed by atoms with E-state index in [9.17, 15) is 9.90 Å². The van der Waals surface area contributed by atoms with Crippen LogP contribution in [0, 0.1) is 0 Å². The molecule has 0 aliphatic carbocycles. The fourth-order valence-corrected chi connectivity index (χ4v) is 1.84. The smallest absolute Gasteiger partial charge is 0.347 e. The Labute approximate surface area is 104 Å². The summed E-state index contributed by atoms with van der Waals surface area (Å²) in [5.41, 5.74) is -0.537. The van der Waals surface area contributed by atoms with Gasteiger partial charge in [-0.15, -0.1) is 0 Å².